The van der Waals surface area contributed by atoms with E-state index in [-0.39, 0.29) is 29.5 Å². The van der Waals surface area contributed by atoms with Crippen molar-refractivity contribution in [3.8, 4) is 0 Å². The first-order valence-electron chi connectivity index (χ1n) is 9.16. The third kappa shape index (κ3) is 2.67. The molecule has 22 heavy (non-hydrogen) atoms. The summed E-state index contributed by atoms with van der Waals surface area (Å²) in [6.45, 7) is 2.10. The molecule has 3 saturated carbocycles. The predicted molar refractivity (Wildman–Crippen MR) is 86.3 cm³/mol. The Morgan fingerprint density at radius 3 is 2.64 bits per heavy atom. The molecule has 3 fully saturated rings. The van der Waals surface area contributed by atoms with Gasteiger partial charge in [-0.3, -0.25) is 4.79 Å². The summed E-state index contributed by atoms with van der Waals surface area (Å²) >= 11 is 0. The lowest BCUT2D eigenvalue weighted by Crippen LogP contribution is -2.57. The summed E-state index contributed by atoms with van der Waals surface area (Å²) in [5.74, 6) is 1.09. The molecule has 0 amide bonds. The maximum absolute atomic E-state index is 12.1. The maximum Gasteiger partial charge on any atom is 0.139 e. The number of ketones is 1. The van der Waals surface area contributed by atoms with Crippen LogP contribution in [0.1, 0.15) is 64.7 Å². The third-order valence-corrected chi connectivity index (χ3v) is 6.76. The van der Waals surface area contributed by atoms with Gasteiger partial charge in [0.2, 0.25) is 0 Å². The highest BCUT2D eigenvalue weighted by molar-refractivity contribution is 5.91. The van der Waals surface area contributed by atoms with Gasteiger partial charge in [-0.25, -0.2) is 0 Å². The molecule has 0 aliphatic heterocycles. The van der Waals surface area contributed by atoms with Gasteiger partial charge in [-0.15, -0.1) is 0 Å². The fourth-order valence-electron chi connectivity index (χ4n) is 5.14. The van der Waals surface area contributed by atoms with E-state index in [1.807, 2.05) is 12.2 Å². The second-order valence-electron chi connectivity index (χ2n) is 7.70. The number of carbonyl (C=O) groups excluding carboxylic acids is 1. The van der Waals surface area contributed by atoms with Crippen molar-refractivity contribution in [3.05, 3.63) is 12.2 Å². The minimum absolute atomic E-state index is 0.0460. The van der Waals surface area contributed by atoms with Crippen molar-refractivity contribution in [2.75, 3.05) is 0 Å². The Hall–Kier alpha value is -0.670. The van der Waals surface area contributed by atoms with Crippen LogP contribution in [0.2, 0.25) is 0 Å². The first-order valence-corrected chi connectivity index (χ1v) is 9.16. The van der Waals surface area contributed by atoms with Gasteiger partial charge in [0.25, 0.3) is 0 Å². The molecule has 0 bridgehead atoms. The standard InChI is InChI=1S/C19H30O3/c1-2-19-11-10-17(21)14(15(19)12-18(19)22)8-9-16(20)13-6-4-3-5-7-13/h8-9,13-17,20-21H,2-7,10-12H2,1H3/t14-,15-,16-,17-,19+/m1/s1. The summed E-state index contributed by atoms with van der Waals surface area (Å²) in [5, 5.41) is 20.8. The maximum atomic E-state index is 12.1. The predicted octanol–water partition coefficient (Wildman–Crippen LogP) is 3.24. The van der Waals surface area contributed by atoms with Crippen molar-refractivity contribution in [1.29, 1.82) is 0 Å². The van der Waals surface area contributed by atoms with Crippen LogP contribution in [-0.2, 0) is 4.79 Å². The molecule has 0 aromatic rings. The van der Waals surface area contributed by atoms with E-state index in [1.54, 1.807) is 0 Å². The van der Waals surface area contributed by atoms with Crippen LogP contribution in [-0.4, -0.2) is 28.2 Å². The van der Waals surface area contributed by atoms with Crippen LogP contribution in [0.25, 0.3) is 0 Å². The highest BCUT2D eigenvalue weighted by atomic mass is 16.3. The van der Waals surface area contributed by atoms with E-state index in [0.29, 0.717) is 24.5 Å². The zero-order valence-corrected chi connectivity index (χ0v) is 13.7. The van der Waals surface area contributed by atoms with Crippen molar-refractivity contribution in [2.24, 2.45) is 23.2 Å². The molecule has 5 atom stereocenters. The monoisotopic (exact) mass is 306 g/mol. The molecule has 3 aliphatic rings. The number of Topliss-reactive ketones (excluding diaryl/α,β-unsaturated/α-hetero) is 1. The van der Waals surface area contributed by atoms with Gasteiger partial charge in [0, 0.05) is 17.8 Å². The quantitative estimate of drug-likeness (QED) is 0.784. The Morgan fingerprint density at radius 2 is 2.00 bits per heavy atom. The lowest BCUT2D eigenvalue weighted by atomic mass is 9.48. The molecule has 0 spiro atoms. The van der Waals surface area contributed by atoms with E-state index >= 15 is 0 Å². The van der Waals surface area contributed by atoms with Crippen LogP contribution in [0.4, 0.5) is 0 Å². The van der Waals surface area contributed by atoms with E-state index in [9.17, 15) is 15.0 Å². The number of aliphatic hydroxyl groups excluding tert-OH is 2. The number of aliphatic hydroxyl groups is 2. The topological polar surface area (TPSA) is 57.5 Å². The number of rotatable bonds is 4. The fraction of sp³-hybridized carbons (Fsp3) is 0.842. The van der Waals surface area contributed by atoms with Gasteiger partial charge >= 0.3 is 0 Å². The molecule has 3 aliphatic carbocycles. The Balaban J connectivity index is 1.67. The van der Waals surface area contributed by atoms with Crippen LogP contribution in [0, 0.1) is 23.2 Å². The summed E-state index contributed by atoms with van der Waals surface area (Å²) in [4.78, 5) is 12.1. The molecule has 3 rings (SSSR count). The summed E-state index contributed by atoms with van der Waals surface area (Å²) in [6, 6.07) is 0. The van der Waals surface area contributed by atoms with Gasteiger partial charge in [0.05, 0.1) is 12.2 Å². The van der Waals surface area contributed by atoms with E-state index in [4.69, 9.17) is 0 Å². The molecule has 3 nitrogen and oxygen atoms in total. The van der Waals surface area contributed by atoms with E-state index in [2.05, 4.69) is 6.92 Å². The van der Waals surface area contributed by atoms with Gasteiger partial charge < -0.3 is 10.2 Å². The average molecular weight is 306 g/mol. The van der Waals surface area contributed by atoms with Crippen molar-refractivity contribution in [2.45, 2.75) is 76.9 Å². The van der Waals surface area contributed by atoms with Crippen LogP contribution in [0.15, 0.2) is 12.2 Å². The zero-order valence-electron chi connectivity index (χ0n) is 13.7. The molecular weight excluding hydrogens is 276 g/mol. The summed E-state index contributed by atoms with van der Waals surface area (Å²) in [6.07, 6.45) is 12.2. The molecule has 0 radical (unpaired) electrons. The summed E-state index contributed by atoms with van der Waals surface area (Å²) in [7, 11) is 0. The van der Waals surface area contributed by atoms with Crippen molar-refractivity contribution in [1.82, 2.24) is 0 Å². The van der Waals surface area contributed by atoms with E-state index in [0.717, 1.165) is 25.7 Å². The highest BCUT2D eigenvalue weighted by Gasteiger charge is 2.58. The van der Waals surface area contributed by atoms with Gasteiger partial charge in [-0.1, -0.05) is 38.3 Å². The van der Waals surface area contributed by atoms with Crippen LogP contribution >= 0.6 is 0 Å². The highest BCUT2D eigenvalue weighted by Crippen LogP contribution is 2.57. The molecule has 0 saturated heterocycles. The molecule has 0 heterocycles. The van der Waals surface area contributed by atoms with Crippen molar-refractivity contribution >= 4 is 5.78 Å². The normalized spacial score (nSPS) is 41.2. The SMILES string of the molecule is CC[C@]12CC[C@@H](O)[C@H](C=C[C@@H](O)C3CCCCC3)[C@H]1CC2=O. The first-order chi connectivity index (χ1) is 10.6. The van der Waals surface area contributed by atoms with Crippen LogP contribution in [0.3, 0.4) is 0 Å². The van der Waals surface area contributed by atoms with Gasteiger partial charge in [-0.2, -0.15) is 0 Å². The Kier molecular flexibility index (Phi) is 4.75. The van der Waals surface area contributed by atoms with Crippen LogP contribution in [0.5, 0.6) is 0 Å². The summed E-state index contributed by atoms with van der Waals surface area (Å²) < 4.78 is 0. The Bertz CT molecular complexity index is 438. The van der Waals surface area contributed by atoms with E-state index in [1.165, 1.54) is 19.3 Å². The second kappa shape index (κ2) is 6.45. The first kappa shape index (κ1) is 16.2. The molecule has 2 N–H and O–H groups in total. The molecule has 0 aromatic heterocycles. The van der Waals surface area contributed by atoms with E-state index < -0.39 is 0 Å². The van der Waals surface area contributed by atoms with Crippen LogP contribution < -0.4 is 0 Å². The van der Waals surface area contributed by atoms with Crippen molar-refractivity contribution in [3.63, 3.8) is 0 Å². The van der Waals surface area contributed by atoms with Crippen molar-refractivity contribution < 1.29 is 15.0 Å². The largest absolute Gasteiger partial charge is 0.393 e. The molecule has 0 unspecified atom stereocenters. The van der Waals surface area contributed by atoms with Gasteiger partial charge in [0.1, 0.15) is 5.78 Å². The van der Waals surface area contributed by atoms with Gasteiger partial charge in [-0.05, 0) is 43.9 Å². The number of hydrogen-bond donors (Lipinski definition) is 2. The average Bonchev–Trinajstić information content (AvgIpc) is 2.54. The second-order valence-corrected chi connectivity index (χ2v) is 7.70. The number of hydrogen-bond acceptors (Lipinski definition) is 3. The number of carbonyl (C=O) groups is 1. The minimum atomic E-state index is -0.388. The molecule has 3 heteroatoms. The number of fused-ring (bicyclic) bond motifs is 1. The smallest absolute Gasteiger partial charge is 0.139 e. The summed E-state index contributed by atoms with van der Waals surface area (Å²) in [5.41, 5.74) is -0.177. The zero-order chi connectivity index (χ0) is 15.7. The minimum Gasteiger partial charge on any atom is -0.393 e. The van der Waals surface area contributed by atoms with Gasteiger partial charge in [0.15, 0.2) is 0 Å². The lowest BCUT2D eigenvalue weighted by Gasteiger charge is -2.55. The Morgan fingerprint density at radius 1 is 1.27 bits per heavy atom. The lowest BCUT2D eigenvalue weighted by molar-refractivity contribution is -0.160. The molecule has 0 aromatic carbocycles. The Labute approximate surface area is 133 Å². The fourth-order valence-corrected chi connectivity index (χ4v) is 5.14. The molecule has 124 valence electrons. The molecular formula is C19H30O3. The third-order valence-electron chi connectivity index (χ3n) is 6.76.